The van der Waals surface area contributed by atoms with Gasteiger partial charge in [-0.1, -0.05) is 6.58 Å². The molecule has 1 aliphatic carbocycles. The molecule has 4 N–H and O–H groups in total. The predicted molar refractivity (Wildman–Crippen MR) is 112 cm³/mol. The number of aromatic amines is 1. The number of likely N-dealkylation sites (tertiary alicyclic amines) is 1. The number of likely N-dealkylation sites (N-methyl/N-ethyl adjacent to an activating group) is 1. The number of fused-ring (bicyclic) bond motifs is 5. The normalized spacial score (nSPS) is 22.5. The summed E-state index contributed by atoms with van der Waals surface area (Å²) in [6, 6.07) is -0.0696. The number of aromatic nitrogens is 3. The number of carbonyl (C=O) groups excluding carboxylic acids is 2. The van der Waals surface area contributed by atoms with Crippen LogP contribution in [0.15, 0.2) is 18.9 Å². The van der Waals surface area contributed by atoms with Crippen molar-refractivity contribution in [1.82, 2.24) is 30.5 Å². The Morgan fingerprint density at radius 2 is 2.13 bits per heavy atom. The first-order valence-electron chi connectivity index (χ1n) is 10.3. The maximum atomic E-state index is 12.4. The number of hydrogen-bond acceptors (Lipinski definition) is 6. The Morgan fingerprint density at radius 3 is 2.97 bits per heavy atom. The number of nitrogens with zero attached hydrogens (tertiary/aromatic N) is 3. The van der Waals surface area contributed by atoms with E-state index in [4.69, 9.17) is 4.98 Å². The van der Waals surface area contributed by atoms with Crippen LogP contribution in [-0.2, 0) is 24.1 Å². The van der Waals surface area contributed by atoms with Crippen molar-refractivity contribution in [3.8, 4) is 11.4 Å². The monoisotopic (exact) mass is 407 g/mol. The molecule has 0 saturated carbocycles. The summed E-state index contributed by atoms with van der Waals surface area (Å²) in [5, 5.41) is 9.31. The van der Waals surface area contributed by atoms with E-state index in [1.54, 1.807) is 0 Å². The molecule has 9 heteroatoms. The molecule has 5 rings (SSSR count). The highest BCUT2D eigenvalue weighted by Gasteiger charge is 2.33. The maximum absolute atomic E-state index is 12.4. The first-order chi connectivity index (χ1) is 14.5. The van der Waals surface area contributed by atoms with E-state index in [-0.39, 0.29) is 23.9 Å². The highest BCUT2D eigenvalue weighted by molar-refractivity contribution is 6.00. The van der Waals surface area contributed by atoms with E-state index >= 15 is 0 Å². The molecule has 1 saturated heterocycles. The van der Waals surface area contributed by atoms with E-state index in [0.717, 1.165) is 66.1 Å². The molecule has 0 bridgehead atoms. The average Bonchev–Trinajstić information content (AvgIpc) is 3.28. The second-order valence-corrected chi connectivity index (χ2v) is 8.20. The Kier molecular flexibility index (Phi) is 4.54. The summed E-state index contributed by atoms with van der Waals surface area (Å²) in [5.41, 5.74) is 5.70. The van der Waals surface area contributed by atoms with Crippen LogP contribution in [0.3, 0.4) is 0 Å². The molecule has 3 aliphatic rings. The van der Waals surface area contributed by atoms with Crippen molar-refractivity contribution < 1.29 is 9.59 Å². The van der Waals surface area contributed by atoms with E-state index in [1.807, 2.05) is 13.2 Å². The highest BCUT2D eigenvalue weighted by Crippen LogP contribution is 2.36. The summed E-state index contributed by atoms with van der Waals surface area (Å²) < 4.78 is 0. The summed E-state index contributed by atoms with van der Waals surface area (Å²) in [4.78, 5) is 39.1. The minimum Gasteiger partial charge on any atom is -0.356 e. The third kappa shape index (κ3) is 3.15. The van der Waals surface area contributed by atoms with Crippen LogP contribution >= 0.6 is 0 Å². The molecule has 156 valence electrons. The summed E-state index contributed by atoms with van der Waals surface area (Å²) in [5.74, 6) is 0.338. The van der Waals surface area contributed by atoms with Gasteiger partial charge in [0.05, 0.1) is 29.0 Å². The smallest absolute Gasteiger partial charge is 0.253 e. The van der Waals surface area contributed by atoms with Crippen LogP contribution in [0, 0.1) is 0 Å². The van der Waals surface area contributed by atoms with E-state index in [0.29, 0.717) is 12.5 Å². The minimum atomic E-state index is -0.187. The van der Waals surface area contributed by atoms with Crippen molar-refractivity contribution >= 4 is 17.8 Å². The van der Waals surface area contributed by atoms with Gasteiger partial charge >= 0.3 is 0 Å². The quantitative estimate of drug-likeness (QED) is 0.540. The first kappa shape index (κ1) is 18.8. The van der Waals surface area contributed by atoms with E-state index in [9.17, 15) is 9.59 Å². The fraction of sp³-hybridized carbons (Fsp3) is 0.429. The predicted octanol–water partition coefficient (Wildman–Crippen LogP) is 0.253. The van der Waals surface area contributed by atoms with E-state index < -0.39 is 0 Å². The summed E-state index contributed by atoms with van der Waals surface area (Å²) in [6.07, 6.45) is 5.57. The summed E-state index contributed by atoms with van der Waals surface area (Å²) in [7, 11) is 2.02. The molecule has 2 amide bonds. The molecular formula is C21H25N7O2. The van der Waals surface area contributed by atoms with Gasteiger partial charge < -0.3 is 25.8 Å². The van der Waals surface area contributed by atoms with Gasteiger partial charge in [-0.3, -0.25) is 9.59 Å². The number of anilines is 1. The fourth-order valence-corrected chi connectivity index (χ4v) is 4.74. The molecule has 2 atom stereocenters. The van der Waals surface area contributed by atoms with E-state index in [1.165, 1.54) is 6.08 Å². The van der Waals surface area contributed by atoms with Crippen molar-refractivity contribution in [2.24, 2.45) is 0 Å². The van der Waals surface area contributed by atoms with Gasteiger partial charge in [-0.2, -0.15) is 0 Å². The molecule has 30 heavy (non-hydrogen) atoms. The van der Waals surface area contributed by atoms with Gasteiger partial charge in [0, 0.05) is 37.9 Å². The molecule has 9 nitrogen and oxygen atoms in total. The summed E-state index contributed by atoms with van der Waals surface area (Å²) >= 11 is 0. The van der Waals surface area contributed by atoms with Gasteiger partial charge in [0.1, 0.15) is 0 Å². The Labute approximate surface area is 174 Å². The van der Waals surface area contributed by atoms with Gasteiger partial charge in [-0.05, 0) is 37.1 Å². The number of H-pyrrole nitrogens is 1. The second-order valence-electron chi connectivity index (χ2n) is 8.20. The SMILES string of the molecule is C=CC(=O)NC1CN(C)CC1Nc1ncc2c(n1)-c1[nH]c3c(c1CC2)C(=O)NCC3. The molecule has 2 aromatic rings. The molecule has 0 aromatic carbocycles. The number of aryl methyl sites for hydroxylation is 1. The van der Waals surface area contributed by atoms with Crippen LogP contribution < -0.4 is 16.0 Å². The van der Waals surface area contributed by atoms with E-state index in [2.05, 4.69) is 37.4 Å². The lowest BCUT2D eigenvalue weighted by molar-refractivity contribution is -0.117. The minimum absolute atomic E-state index is 0.000556. The zero-order valence-electron chi connectivity index (χ0n) is 16.9. The number of carbonyl (C=O) groups is 2. The summed E-state index contributed by atoms with van der Waals surface area (Å²) in [6.45, 7) is 5.69. The first-order valence-corrected chi connectivity index (χ1v) is 10.3. The number of amides is 2. The van der Waals surface area contributed by atoms with Crippen molar-refractivity contribution in [1.29, 1.82) is 0 Å². The van der Waals surface area contributed by atoms with Gasteiger partial charge in [0.2, 0.25) is 11.9 Å². The average molecular weight is 407 g/mol. The third-order valence-electron chi connectivity index (χ3n) is 6.14. The molecule has 0 spiro atoms. The lowest BCUT2D eigenvalue weighted by Crippen LogP contribution is -2.45. The fourth-order valence-electron chi connectivity index (χ4n) is 4.74. The van der Waals surface area contributed by atoms with Crippen molar-refractivity contribution in [3.63, 3.8) is 0 Å². The zero-order chi connectivity index (χ0) is 20.8. The largest absolute Gasteiger partial charge is 0.356 e. The lowest BCUT2D eigenvalue weighted by Gasteiger charge is -2.22. The Hall–Kier alpha value is -3.20. The third-order valence-corrected chi connectivity index (χ3v) is 6.14. The van der Waals surface area contributed by atoms with Crippen LogP contribution in [0.25, 0.3) is 11.4 Å². The van der Waals surface area contributed by atoms with Gasteiger partial charge in [0.15, 0.2) is 0 Å². The molecule has 1 fully saturated rings. The van der Waals surface area contributed by atoms with Crippen LogP contribution in [0.1, 0.15) is 27.2 Å². The molecular weight excluding hydrogens is 382 g/mol. The number of rotatable bonds is 4. The second kappa shape index (κ2) is 7.24. The number of hydrogen-bond donors (Lipinski definition) is 4. The Balaban J connectivity index is 1.44. The van der Waals surface area contributed by atoms with Gasteiger partial charge in [0.25, 0.3) is 5.91 Å². The standard InChI is InChI=1S/C21H25N7O2/c1-3-16(29)24-14-9-28(2)10-15(14)26-21-23-8-11-4-5-12-17-13(6-7-22-20(17)30)25-19(12)18(11)27-21/h3,8,14-15,25H,1,4-7,9-10H2,2H3,(H,22,30)(H,24,29)(H,23,26,27). The number of nitrogens with one attached hydrogen (secondary N) is 4. The van der Waals surface area contributed by atoms with Crippen LogP contribution in [0.2, 0.25) is 0 Å². The molecule has 2 aromatic heterocycles. The topological polar surface area (TPSA) is 115 Å². The van der Waals surface area contributed by atoms with Gasteiger partial charge in [-0.15, -0.1) is 0 Å². The van der Waals surface area contributed by atoms with Crippen LogP contribution in [-0.4, -0.2) is 70.4 Å². The Bertz CT molecular complexity index is 1040. The maximum Gasteiger partial charge on any atom is 0.253 e. The molecule has 2 unspecified atom stereocenters. The molecule has 4 heterocycles. The van der Waals surface area contributed by atoms with Crippen LogP contribution in [0.4, 0.5) is 5.95 Å². The van der Waals surface area contributed by atoms with Crippen molar-refractivity contribution in [3.05, 3.63) is 41.2 Å². The highest BCUT2D eigenvalue weighted by atomic mass is 16.2. The van der Waals surface area contributed by atoms with Gasteiger partial charge in [-0.25, -0.2) is 9.97 Å². The van der Waals surface area contributed by atoms with Crippen molar-refractivity contribution in [2.75, 3.05) is 32.0 Å². The van der Waals surface area contributed by atoms with Crippen LogP contribution in [0.5, 0.6) is 0 Å². The molecule has 0 radical (unpaired) electrons. The zero-order valence-corrected chi connectivity index (χ0v) is 16.9. The lowest BCUT2D eigenvalue weighted by atomic mass is 9.91. The Morgan fingerprint density at radius 1 is 1.30 bits per heavy atom. The molecule has 2 aliphatic heterocycles. The van der Waals surface area contributed by atoms with Crippen molar-refractivity contribution in [2.45, 2.75) is 31.3 Å².